The lowest BCUT2D eigenvalue weighted by Gasteiger charge is -2.40. The van der Waals surface area contributed by atoms with Crippen LogP contribution >= 0.6 is 0 Å². The summed E-state index contributed by atoms with van der Waals surface area (Å²) in [7, 11) is 2.30. The predicted molar refractivity (Wildman–Crippen MR) is 71.8 cm³/mol. The van der Waals surface area contributed by atoms with E-state index in [-0.39, 0.29) is 0 Å². The van der Waals surface area contributed by atoms with Crippen LogP contribution < -0.4 is 5.32 Å². The number of hydrogen-bond donors (Lipinski definition) is 1. The molecule has 96 valence electrons. The third kappa shape index (κ3) is 4.06. The largest absolute Gasteiger partial charge is 0.313 e. The first-order valence-electron chi connectivity index (χ1n) is 6.97. The quantitative estimate of drug-likeness (QED) is 0.775. The van der Waals surface area contributed by atoms with Gasteiger partial charge in [0.1, 0.15) is 0 Å². The summed E-state index contributed by atoms with van der Waals surface area (Å²) in [6.45, 7) is 10.3. The second kappa shape index (κ2) is 6.61. The van der Waals surface area contributed by atoms with Crippen molar-refractivity contribution in [3.8, 4) is 0 Å². The van der Waals surface area contributed by atoms with Crippen molar-refractivity contribution in [2.24, 2.45) is 5.92 Å². The van der Waals surface area contributed by atoms with Crippen molar-refractivity contribution in [1.82, 2.24) is 10.2 Å². The van der Waals surface area contributed by atoms with Gasteiger partial charge in [-0.3, -0.25) is 4.90 Å². The van der Waals surface area contributed by atoms with E-state index in [1.165, 1.54) is 25.7 Å². The molecule has 1 N–H and O–H groups in total. The van der Waals surface area contributed by atoms with E-state index < -0.39 is 0 Å². The lowest BCUT2D eigenvalue weighted by molar-refractivity contribution is 0.102. The molecule has 0 aliphatic heterocycles. The Hall–Kier alpha value is -0.0800. The molecule has 0 aromatic rings. The fraction of sp³-hybridized carbons (Fsp3) is 1.00. The molecule has 1 fully saturated rings. The molecule has 1 rings (SSSR count). The van der Waals surface area contributed by atoms with Gasteiger partial charge in [0.05, 0.1) is 0 Å². The van der Waals surface area contributed by atoms with E-state index in [0.29, 0.717) is 12.1 Å². The summed E-state index contributed by atoms with van der Waals surface area (Å²) in [6.07, 6.45) is 5.66. The highest BCUT2D eigenvalue weighted by atomic mass is 15.2. The molecule has 1 aliphatic carbocycles. The van der Waals surface area contributed by atoms with E-state index >= 15 is 0 Å². The molecule has 3 unspecified atom stereocenters. The highest BCUT2D eigenvalue weighted by Gasteiger charge is 2.27. The fourth-order valence-corrected chi connectivity index (χ4v) is 2.78. The molecule has 2 heteroatoms. The van der Waals surface area contributed by atoms with Gasteiger partial charge < -0.3 is 5.32 Å². The maximum atomic E-state index is 3.54. The van der Waals surface area contributed by atoms with Crippen LogP contribution in [0.25, 0.3) is 0 Å². The minimum Gasteiger partial charge on any atom is -0.313 e. The van der Waals surface area contributed by atoms with Gasteiger partial charge >= 0.3 is 0 Å². The molecule has 3 atom stereocenters. The van der Waals surface area contributed by atoms with E-state index in [1.807, 2.05) is 0 Å². The number of hydrogen-bond acceptors (Lipinski definition) is 2. The van der Waals surface area contributed by atoms with Crippen molar-refractivity contribution in [3.63, 3.8) is 0 Å². The fourth-order valence-electron chi connectivity index (χ4n) is 2.78. The highest BCUT2D eigenvalue weighted by Crippen LogP contribution is 2.28. The molecule has 0 amide bonds. The Morgan fingerprint density at radius 3 is 2.38 bits per heavy atom. The van der Waals surface area contributed by atoms with E-state index in [9.17, 15) is 0 Å². The molecule has 0 saturated heterocycles. The Balaban J connectivity index is 2.38. The van der Waals surface area contributed by atoms with Gasteiger partial charge in [-0.2, -0.15) is 0 Å². The minimum atomic E-state index is 0.597. The number of nitrogens with zero attached hydrogens (tertiary/aromatic N) is 1. The molecule has 0 heterocycles. The van der Waals surface area contributed by atoms with Crippen LogP contribution in [0.15, 0.2) is 0 Å². The van der Waals surface area contributed by atoms with Gasteiger partial charge in [0.15, 0.2) is 0 Å². The SMILES string of the molecule is CC(C)NCC(C)N(C)C1CCCCC1C. The summed E-state index contributed by atoms with van der Waals surface area (Å²) < 4.78 is 0. The number of rotatable bonds is 5. The first-order chi connectivity index (χ1) is 7.52. The highest BCUT2D eigenvalue weighted by molar-refractivity contribution is 4.82. The van der Waals surface area contributed by atoms with Gasteiger partial charge in [-0.1, -0.05) is 33.6 Å². The third-order valence-corrected chi connectivity index (χ3v) is 4.11. The molecular formula is C14H30N2. The molecule has 2 nitrogen and oxygen atoms in total. The van der Waals surface area contributed by atoms with Crippen molar-refractivity contribution in [2.75, 3.05) is 13.6 Å². The lowest BCUT2D eigenvalue weighted by Crippen LogP contribution is -2.48. The first kappa shape index (κ1) is 14.0. The van der Waals surface area contributed by atoms with Crippen LogP contribution in [0.3, 0.4) is 0 Å². The van der Waals surface area contributed by atoms with Gasteiger partial charge in [0.25, 0.3) is 0 Å². The summed E-state index contributed by atoms with van der Waals surface area (Å²) in [4.78, 5) is 2.60. The van der Waals surface area contributed by atoms with Crippen LogP contribution in [-0.4, -0.2) is 36.6 Å². The second-order valence-corrected chi connectivity index (χ2v) is 5.91. The Kier molecular flexibility index (Phi) is 5.77. The summed E-state index contributed by atoms with van der Waals surface area (Å²) >= 11 is 0. The topological polar surface area (TPSA) is 15.3 Å². The zero-order chi connectivity index (χ0) is 12.1. The monoisotopic (exact) mass is 226 g/mol. The van der Waals surface area contributed by atoms with Crippen LogP contribution in [-0.2, 0) is 0 Å². The van der Waals surface area contributed by atoms with Crippen molar-refractivity contribution < 1.29 is 0 Å². The van der Waals surface area contributed by atoms with Gasteiger partial charge in [-0.05, 0) is 32.7 Å². The zero-order valence-electron chi connectivity index (χ0n) is 11.8. The van der Waals surface area contributed by atoms with Gasteiger partial charge in [0.2, 0.25) is 0 Å². The summed E-state index contributed by atoms with van der Waals surface area (Å²) in [5, 5.41) is 3.54. The van der Waals surface area contributed by atoms with Crippen molar-refractivity contribution in [3.05, 3.63) is 0 Å². The second-order valence-electron chi connectivity index (χ2n) is 5.91. The van der Waals surface area contributed by atoms with Gasteiger partial charge in [-0.15, -0.1) is 0 Å². The normalized spacial score (nSPS) is 28.7. The lowest BCUT2D eigenvalue weighted by atomic mass is 9.84. The van der Waals surface area contributed by atoms with Gasteiger partial charge in [0, 0.05) is 24.7 Å². The van der Waals surface area contributed by atoms with Gasteiger partial charge in [-0.25, -0.2) is 0 Å². The maximum absolute atomic E-state index is 3.54. The Labute approximate surface area is 102 Å². The Bertz CT molecular complexity index is 191. The summed E-state index contributed by atoms with van der Waals surface area (Å²) in [5.74, 6) is 0.875. The van der Waals surface area contributed by atoms with Crippen molar-refractivity contribution in [1.29, 1.82) is 0 Å². The van der Waals surface area contributed by atoms with E-state index in [2.05, 4.69) is 45.0 Å². The molecular weight excluding hydrogens is 196 g/mol. The average molecular weight is 226 g/mol. The molecule has 1 saturated carbocycles. The zero-order valence-corrected chi connectivity index (χ0v) is 11.8. The molecule has 1 aliphatic rings. The van der Waals surface area contributed by atoms with E-state index in [1.54, 1.807) is 0 Å². The summed E-state index contributed by atoms with van der Waals surface area (Å²) in [5.41, 5.74) is 0. The Morgan fingerprint density at radius 1 is 1.19 bits per heavy atom. The summed E-state index contributed by atoms with van der Waals surface area (Å²) in [6, 6.07) is 2.05. The Morgan fingerprint density at radius 2 is 1.81 bits per heavy atom. The van der Waals surface area contributed by atoms with Crippen LogP contribution in [0.1, 0.15) is 53.4 Å². The van der Waals surface area contributed by atoms with Crippen molar-refractivity contribution in [2.45, 2.75) is 71.5 Å². The number of likely N-dealkylation sites (N-methyl/N-ethyl adjacent to an activating group) is 1. The van der Waals surface area contributed by atoms with E-state index in [4.69, 9.17) is 0 Å². The standard InChI is InChI=1S/C14H30N2/c1-11(2)15-10-13(4)16(5)14-9-7-6-8-12(14)3/h11-15H,6-10H2,1-5H3. The van der Waals surface area contributed by atoms with Crippen LogP contribution in [0, 0.1) is 5.92 Å². The maximum Gasteiger partial charge on any atom is 0.0192 e. The molecule has 0 aromatic carbocycles. The first-order valence-corrected chi connectivity index (χ1v) is 6.97. The van der Waals surface area contributed by atoms with E-state index in [0.717, 1.165) is 18.5 Å². The molecule has 0 spiro atoms. The van der Waals surface area contributed by atoms with Crippen LogP contribution in [0.2, 0.25) is 0 Å². The third-order valence-electron chi connectivity index (χ3n) is 4.11. The number of nitrogens with one attached hydrogen (secondary N) is 1. The smallest absolute Gasteiger partial charge is 0.0192 e. The molecule has 0 aromatic heterocycles. The molecule has 16 heavy (non-hydrogen) atoms. The molecule has 0 bridgehead atoms. The molecule has 0 radical (unpaired) electrons. The predicted octanol–water partition coefficient (Wildman–Crippen LogP) is 2.88. The van der Waals surface area contributed by atoms with Crippen molar-refractivity contribution >= 4 is 0 Å². The van der Waals surface area contributed by atoms with Crippen LogP contribution in [0.5, 0.6) is 0 Å². The van der Waals surface area contributed by atoms with Crippen LogP contribution in [0.4, 0.5) is 0 Å². The minimum absolute atomic E-state index is 0.597. The average Bonchev–Trinajstić information content (AvgIpc) is 2.25.